The fourth-order valence-corrected chi connectivity index (χ4v) is 3.87. The van der Waals surface area contributed by atoms with Gasteiger partial charge in [-0.05, 0) is 73.4 Å². The van der Waals surface area contributed by atoms with E-state index in [1.807, 2.05) is 76.4 Å². The summed E-state index contributed by atoms with van der Waals surface area (Å²) in [6.07, 6.45) is 4.05. The van der Waals surface area contributed by atoms with Crippen LogP contribution in [0.15, 0.2) is 72.0 Å². The second kappa shape index (κ2) is 17.0. The van der Waals surface area contributed by atoms with Crippen molar-refractivity contribution in [2.45, 2.75) is 59.7 Å². The molecule has 1 unspecified atom stereocenters. The molecule has 0 radical (unpaired) electrons. The van der Waals surface area contributed by atoms with Crippen molar-refractivity contribution in [1.29, 1.82) is 0 Å². The zero-order chi connectivity index (χ0) is 28.7. The number of aliphatic hydroxyl groups excluding tert-OH is 1. The summed E-state index contributed by atoms with van der Waals surface area (Å²) in [7, 11) is 1.78. The van der Waals surface area contributed by atoms with E-state index in [1.54, 1.807) is 37.9 Å². The zero-order valence-corrected chi connectivity index (χ0v) is 24.8. The number of hydrogen-bond acceptors (Lipinski definition) is 5. The minimum absolute atomic E-state index is 0.0551. The Kier molecular flexibility index (Phi) is 15.0. The number of nitrogens with one attached hydrogen (secondary N) is 2. The first kappa shape index (κ1) is 33.4. The van der Waals surface area contributed by atoms with Gasteiger partial charge in [-0.25, -0.2) is 0 Å². The van der Waals surface area contributed by atoms with Gasteiger partial charge in [-0.3, -0.25) is 4.79 Å². The highest BCUT2D eigenvalue weighted by Crippen LogP contribution is 2.20. The zero-order valence-electron chi connectivity index (χ0n) is 24.0. The Hall–Kier alpha value is -2.64. The molecule has 1 heterocycles. The fraction of sp³-hybridized carbons (Fsp3) is 0.452. The molecule has 0 fully saturated rings. The van der Waals surface area contributed by atoms with E-state index in [1.165, 1.54) is 0 Å². The minimum Gasteiger partial charge on any atom is -0.387 e. The average Bonchev–Trinajstić information content (AvgIpc) is 2.93. The number of carbonyl (C=O) groups excluding carboxylic acids is 1. The van der Waals surface area contributed by atoms with Gasteiger partial charge in [0.1, 0.15) is 0 Å². The number of benzene rings is 2. The number of hydrogen-bond donors (Lipinski definition) is 4. The predicted molar refractivity (Wildman–Crippen MR) is 160 cm³/mol. The molecule has 6 nitrogen and oxygen atoms in total. The molecule has 1 aliphatic heterocycles. The van der Waals surface area contributed by atoms with Crippen LogP contribution in [0, 0.1) is 0 Å². The fourth-order valence-electron chi connectivity index (χ4n) is 3.75. The van der Waals surface area contributed by atoms with Crippen molar-refractivity contribution >= 4 is 17.5 Å². The standard InChI is InChI=1S/C27H34ClN3O3.2C2H6/c1-27(2,34)23-14-20(15-30-16-23)18-31(3)26(33)22-6-4-19(5-7-22)12-13-29-17-25(32)21-8-10-24(28)11-9-21;2*1-2/h4-11,14-15,25,29-30,32,34H,12-13,16-18H2,1-3H3;2*1-2H3. The van der Waals surface area contributed by atoms with Crippen molar-refractivity contribution in [3.8, 4) is 0 Å². The van der Waals surface area contributed by atoms with Crippen LogP contribution in [-0.2, 0) is 6.42 Å². The number of halogens is 1. The first-order valence-electron chi connectivity index (χ1n) is 13.5. The number of carbonyl (C=O) groups is 1. The van der Waals surface area contributed by atoms with Gasteiger partial charge in [0, 0.05) is 43.5 Å². The summed E-state index contributed by atoms with van der Waals surface area (Å²) in [4.78, 5) is 14.5. The molecule has 3 rings (SSSR count). The van der Waals surface area contributed by atoms with E-state index in [9.17, 15) is 15.0 Å². The lowest BCUT2D eigenvalue weighted by Crippen LogP contribution is -2.34. The smallest absolute Gasteiger partial charge is 0.253 e. The maximum atomic E-state index is 12.9. The summed E-state index contributed by atoms with van der Waals surface area (Å²) < 4.78 is 0. The highest BCUT2D eigenvalue weighted by molar-refractivity contribution is 6.30. The monoisotopic (exact) mass is 543 g/mol. The van der Waals surface area contributed by atoms with E-state index in [0.717, 1.165) is 35.2 Å². The lowest BCUT2D eigenvalue weighted by Gasteiger charge is -2.27. The Balaban J connectivity index is 0.00000172. The van der Waals surface area contributed by atoms with Gasteiger partial charge in [0.15, 0.2) is 0 Å². The lowest BCUT2D eigenvalue weighted by molar-refractivity contribution is 0.0807. The Bertz CT molecular complexity index is 1030. The molecule has 1 amide bonds. The van der Waals surface area contributed by atoms with Crippen molar-refractivity contribution in [3.63, 3.8) is 0 Å². The highest BCUT2D eigenvalue weighted by Gasteiger charge is 2.22. The van der Waals surface area contributed by atoms with Crippen molar-refractivity contribution in [1.82, 2.24) is 15.5 Å². The van der Waals surface area contributed by atoms with Gasteiger partial charge in [-0.2, -0.15) is 0 Å². The third kappa shape index (κ3) is 11.0. The molecule has 210 valence electrons. The summed E-state index contributed by atoms with van der Waals surface area (Å²) in [6.45, 7) is 13.7. The maximum Gasteiger partial charge on any atom is 0.253 e. The quantitative estimate of drug-likeness (QED) is 0.297. The average molecular weight is 544 g/mol. The molecule has 38 heavy (non-hydrogen) atoms. The van der Waals surface area contributed by atoms with Crippen molar-refractivity contribution in [2.75, 3.05) is 33.2 Å². The molecular weight excluding hydrogens is 498 g/mol. The molecule has 7 heteroatoms. The number of likely N-dealkylation sites (N-methyl/N-ethyl adjacent to an activating group) is 1. The lowest BCUT2D eigenvalue weighted by atomic mass is 9.94. The second-order valence-corrected chi connectivity index (χ2v) is 9.64. The van der Waals surface area contributed by atoms with Crippen molar-refractivity contribution in [3.05, 3.63) is 93.7 Å². The van der Waals surface area contributed by atoms with Crippen molar-refractivity contribution in [2.24, 2.45) is 0 Å². The van der Waals surface area contributed by atoms with Crippen LogP contribution in [0.1, 0.15) is 69.1 Å². The highest BCUT2D eigenvalue weighted by atomic mass is 35.5. The number of amides is 1. The topological polar surface area (TPSA) is 84.8 Å². The molecule has 4 N–H and O–H groups in total. The number of nitrogens with zero attached hydrogens (tertiary/aromatic N) is 1. The number of rotatable bonds is 10. The van der Waals surface area contributed by atoms with E-state index in [4.69, 9.17) is 11.6 Å². The predicted octanol–water partition coefficient (Wildman–Crippen LogP) is 5.51. The van der Waals surface area contributed by atoms with E-state index in [2.05, 4.69) is 10.6 Å². The first-order chi connectivity index (χ1) is 18.1. The molecule has 1 atom stereocenters. The van der Waals surface area contributed by atoms with Crippen LogP contribution in [0.25, 0.3) is 0 Å². The van der Waals surface area contributed by atoms with E-state index >= 15 is 0 Å². The summed E-state index contributed by atoms with van der Waals surface area (Å²) in [5, 5.41) is 27.6. The molecule has 0 spiro atoms. The molecule has 0 aromatic heterocycles. The molecule has 0 aliphatic carbocycles. The van der Waals surface area contributed by atoms with Crippen LogP contribution in [0.2, 0.25) is 5.02 Å². The van der Waals surface area contributed by atoms with Crippen LogP contribution in [0.3, 0.4) is 0 Å². The Morgan fingerprint density at radius 2 is 1.68 bits per heavy atom. The van der Waals surface area contributed by atoms with E-state index in [0.29, 0.717) is 30.2 Å². The molecule has 0 bridgehead atoms. The van der Waals surface area contributed by atoms with Crippen LogP contribution in [-0.4, -0.2) is 59.8 Å². The molecular formula is C31H46ClN3O3. The van der Waals surface area contributed by atoms with Gasteiger partial charge in [0.05, 0.1) is 11.7 Å². The van der Waals surface area contributed by atoms with Gasteiger partial charge in [-0.1, -0.05) is 69.6 Å². The summed E-state index contributed by atoms with van der Waals surface area (Å²) in [6, 6.07) is 14.8. The SMILES string of the molecule is CC.CC.CN(CC1=CNCC(C(C)(C)O)=C1)C(=O)c1ccc(CCNCC(O)c2ccc(Cl)cc2)cc1. The third-order valence-electron chi connectivity index (χ3n) is 5.88. The Labute approximate surface area is 234 Å². The third-order valence-corrected chi connectivity index (χ3v) is 6.13. The number of aliphatic hydroxyl groups is 2. The van der Waals surface area contributed by atoms with Crippen molar-refractivity contribution < 1.29 is 15.0 Å². The Morgan fingerprint density at radius 3 is 2.26 bits per heavy atom. The van der Waals surface area contributed by atoms with E-state index in [-0.39, 0.29) is 5.91 Å². The minimum atomic E-state index is -0.895. The molecule has 1 aliphatic rings. The van der Waals surface area contributed by atoms with Gasteiger partial charge in [-0.15, -0.1) is 0 Å². The van der Waals surface area contributed by atoms with E-state index < -0.39 is 11.7 Å². The molecule has 2 aromatic carbocycles. The second-order valence-electron chi connectivity index (χ2n) is 9.21. The molecule has 2 aromatic rings. The van der Waals surface area contributed by atoms with Crippen LogP contribution in [0.4, 0.5) is 0 Å². The van der Waals surface area contributed by atoms with Gasteiger partial charge < -0.3 is 25.7 Å². The van der Waals surface area contributed by atoms with Gasteiger partial charge >= 0.3 is 0 Å². The number of dihydropyridines is 1. The van der Waals surface area contributed by atoms with Gasteiger partial charge in [0.2, 0.25) is 0 Å². The van der Waals surface area contributed by atoms with Gasteiger partial charge in [0.25, 0.3) is 5.91 Å². The van der Waals surface area contributed by atoms with Crippen LogP contribution in [0.5, 0.6) is 0 Å². The summed E-state index contributed by atoms with van der Waals surface area (Å²) in [5.74, 6) is -0.0551. The summed E-state index contributed by atoms with van der Waals surface area (Å²) >= 11 is 5.89. The summed E-state index contributed by atoms with van der Waals surface area (Å²) in [5.41, 5.74) is 3.52. The van der Waals surface area contributed by atoms with Crippen LogP contribution >= 0.6 is 11.6 Å². The maximum absolute atomic E-state index is 12.9. The normalized spacial score (nSPS) is 13.4. The Morgan fingerprint density at radius 1 is 1.08 bits per heavy atom. The first-order valence-corrected chi connectivity index (χ1v) is 13.9. The largest absolute Gasteiger partial charge is 0.387 e. The van der Waals surface area contributed by atoms with Crippen LogP contribution < -0.4 is 10.6 Å². The molecule has 0 saturated heterocycles. The molecule has 0 saturated carbocycles.